The van der Waals surface area contributed by atoms with Gasteiger partial charge in [-0.15, -0.1) is 0 Å². The van der Waals surface area contributed by atoms with Crippen molar-refractivity contribution >= 4 is 5.97 Å². The number of carbonyl (C=O) groups excluding carboxylic acids is 1. The average Bonchev–Trinajstić information content (AvgIpc) is 2.59. The molecule has 25 heavy (non-hydrogen) atoms. The fraction of sp³-hybridized carbons (Fsp3) is 0.944. The Hall–Kier alpha value is -0.730. The second kappa shape index (κ2) is 31.1. The first kappa shape index (κ1) is 29.0. The number of hydrogen-bond acceptors (Lipinski definition) is 7. The molecule has 0 amide bonds. The summed E-state index contributed by atoms with van der Waals surface area (Å²) >= 11 is 0. The van der Waals surface area contributed by atoms with Gasteiger partial charge in [-0.05, 0) is 20.3 Å². The molecule has 0 aromatic rings. The molecule has 0 atom stereocenters. The summed E-state index contributed by atoms with van der Waals surface area (Å²) < 4.78 is 19.3. The normalized spacial score (nSPS) is 9.52. The number of unbranched alkanes of at least 4 members (excludes halogenated alkanes) is 3. The first-order chi connectivity index (χ1) is 12.1. The highest BCUT2D eigenvalue weighted by Gasteiger charge is 1.91. The maximum Gasteiger partial charge on any atom is 0.302 e. The lowest BCUT2D eigenvalue weighted by Gasteiger charge is -2.01. The Morgan fingerprint density at radius 2 is 1.24 bits per heavy atom. The lowest BCUT2D eigenvalue weighted by Crippen LogP contribution is -2.09. The minimum absolute atomic E-state index is 0.0417. The van der Waals surface area contributed by atoms with Crippen LogP contribution >= 0.6 is 0 Å². The van der Waals surface area contributed by atoms with Crippen LogP contribution in [0.15, 0.2) is 0 Å². The fourth-order valence-electron chi connectivity index (χ4n) is 1.40. The van der Waals surface area contributed by atoms with E-state index in [9.17, 15) is 4.79 Å². The molecule has 7 heteroatoms. The van der Waals surface area contributed by atoms with E-state index in [0.29, 0.717) is 33.0 Å². The summed E-state index contributed by atoms with van der Waals surface area (Å²) in [5, 5.41) is 16.5. The fourth-order valence-corrected chi connectivity index (χ4v) is 1.40. The highest BCUT2D eigenvalue weighted by Crippen LogP contribution is 1.98. The summed E-state index contributed by atoms with van der Waals surface area (Å²) in [7, 11) is 0. The standard InChI is InChI=1S/C8H16O2.C6H14O4.C4H10O/c1-3-4-5-6-7-10-8(2)9;7-1-3-9-5-6-10-4-2-8;1-3-5-4-2/h3-7H2,1-2H3;7-8H,1-6H2;3-4H2,1-2H3. The largest absolute Gasteiger partial charge is 0.466 e. The van der Waals surface area contributed by atoms with Crippen LogP contribution in [-0.2, 0) is 23.7 Å². The van der Waals surface area contributed by atoms with Gasteiger partial charge < -0.3 is 29.2 Å². The number of ether oxygens (including phenoxy) is 4. The van der Waals surface area contributed by atoms with Crippen molar-refractivity contribution in [3.63, 3.8) is 0 Å². The van der Waals surface area contributed by atoms with E-state index in [-0.39, 0.29) is 19.2 Å². The van der Waals surface area contributed by atoms with Gasteiger partial charge in [0.25, 0.3) is 0 Å². The molecule has 0 fully saturated rings. The van der Waals surface area contributed by atoms with E-state index >= 15 is 0 Å². The zero-order chi connectivity index (χ0) is 19.6. The predicted molar refractivity (Wildman–Crippen MR) is 98.8 cm³/mol. The summed E-state index contributed by atoms with van der Waals surface area (Å²) in [6, 6.07) is 0. The summed E-state index contributed by atoms with van der Waals surface area (Å²) in [6.45, 7) is 11.6. The van der Waals surface area contributed by atoms with Crippen LogP contribution in [0.3, 0.4) is 0 Å². The SMILES string of the molecule is CCCCCCOC(C)=O.CCOCC.OCCOCCOCCO. The number of esters is 1. The minimum atomic E-state index is -0.170. The molecule has 0 aliphatic heterocycles. The third-order valence-corrected chi connectivity index (χ3v) is 2.55. The number of aliphatic hydroxyl groups is 2. The maximum atomic E-state index is 10.3. The monoisotopic (exact) mass is 368 g/mol. The second-order valence-electron chi connectivity index (χ2n) is 4.85. The molecule has 0 spiro atoms. The lowest BCUT2D eigenvalue weighted by atomic mass is 10.2. The van der Waals surface area contributed by atoms with Gasteiger partial charge in [-0.1, -0.05) is 26.2 Å². The van der Waals surface area contributed by atoms with Crippen molar-refractivity contribution in [2.45, 2.75) is 53.4 Å². The second-order valence-corrected chi connectivity index (χ2v) is 4.85. The molecule has 0 aromatic heterocycles. The van der Waals surface area contributed by atoms with Gasteiger partial charge >= 0.3 is 5.97 Å². The van der Waals surface area contributed by atoms with Crippen molar-refractivity contribution in [1.82, 2.24) is 0 Å². The van der Waals surface area contributed by atoms with Crippen LogP contribution in [0.4, 0.5) is 0 Å². The molecular formula is C18H40O7. The molecule has 0 saturated heterocycles. The quantitative estimate of drug-likeness (QED) is 0.358. The van der Waals surface area contributed by atoms with Gasteiger partial charge in [0.1, 0.15) is 0 Å². The highest BCUT2D eigenvalue weighted by molar-refractivity contribution is 5.65. The Morgan fingerprint density at radius 1 is 0.720 bits per heavy atom. The van der Waals surface area contributed by atoms with Gasteiger partial charge in [-0.3, -0.25) is 4.79 Å². The minimum Gasteiger partial charge on any atom is -0.466 e. The van der Waals surface area contributed by atoms with Crippen LogP contribution in [0, 0.1) is 0 Å². The topological polar surface area (TPSA) is 94.5 Å². The molecule has 0 unspecified atom stereocenters. The highest BCUT2D eigenvalue weighted by atomic mass is 16.5. The Morgan fingerprint density at radius 3 is 1.56 bits per heavy atom. The average molecular weight is 369 g/mol. The van der Waals surface area contributed by atoms with E-state index in [0.717, 1.165) is 19.6 Å². The van der Waals surface area contributed by atoms with Gasteiger partial charge in [0, 0.05) is 20.1 Å². The van der Waals surface area contributed by atoms with Crippen molar-refractivity contribution in [2.24, 2.45) is 0 Å². The van der Waals surface area contributed by atoms with Gasteiger partial charge in [0.15, 0.2) is 0 Å². The van der Waals surface area contributed by atoms with Crippen molar-refractivity contribution in [2.75, 3.05) is 59.5 Å². The third kappa shape index (κ3) is 45.1. The molecule has 0 rings (SSSR count). The molecule has 0 aliphatic rings. The Kier molecular flexibility index (Phi) is 36.1. The summed E-state index contributed by atoms with van der Waals surface area (Å²) in [5.41, 5.74) is 0. The van der Waals surface area contributed by atoms with Gasteiger partial charge in [-0.25, -0.2) is 0 Å². The smallest absolute Gasteiger partial charge is 0.302 e. The van der Waals surface area contributed by atoms with Crippen LogP contribution in [0.5, 0.6) is 0 Å². The number of rotatable bonds is 14. The van der Waals surface area contributed by atoms with E-state index in [1.807, 2.05) is 13.8 Å². The molecule has 0 aliphatic carbocycles. The molecular weight excluding hydrogens is 328 g/mol. The van der Waals surface area contributed by atoms with Crippen molar-refractivity contribution < 1.29 is 34.0 Å². The predicted octanol–water partition coefficient (Wildman–Crippen LogP) is 2.18. The van der Waals surface area contributed by atoms with Crippen molar-refractivity contribution in [3.05, 3.63) is 0 Å². The Bertz CT molecular complexity index is 215. The van der Waals surface area contributed by atoms with Crippen LogP contribution in [0.2, 0.25) is 0 Å². The number of hydrogen-bond donors (Lipinski definition) is 2. The first-order valence-electron chi connectivity index (χ1n) is 9.18. The number of aliphatic hydroxyl groups excluding tert-OH is 2. The molecule has 0 radical (unpaired) electrons. The summed E-state index contributed by atoms with van der Waals surface area (Å²) in [4.78, 5) is 10.3. The molecule has 154 valence electrons. The summed E-state index contributed by atoms with van der Waals surface area (Å²) in [5.74, 6) is -0.170. The number of carbonyl (C=O) groups is 1. The maximum absolute atomic E-state index is 10.3. The summed E-state index contributed by atoms with van der Waals surface area (Å²) in [6.07, 6.45) is 4.64. The van der Waals surface area contributed by atoms with Crippen LogP contribution in [0.25, 0.3) is 0 Å². The zero-order valence-electron chi connectivity index (χ0n) is 16.6. The Balaban J connectivity index is -0.000000308. The van der Waals surface area contributed by atoms with E-state index in [1.54, 1.807) is 0 Å². The lowest BCUT2D eigenvalue weighted by molar-refractivity contribution is -0.141. The van der Waals surface area contributed by atoms with Crippen LogP contribution in [0.1, 0.15) is 53.4 Å². The molecule has 2 N–H and O–H groups in total. The van der Waals surface area contributed by atoms with Gasteiger partial charge in [-0.2, -0.15) is 0 Å². The zero-order valence-corrected chi connectivity index (χ0v) is 16.6. The van der Waals surface area contributed by atoms with Gasteiger partial charge in [0.2, 0.25) is 0 Å². The molecule has 0 bridgehead atoms. The molecule has 7 nitrogen and oxygen atoms in total. The molecule has 0 heterocycles. The van der Waals surface area contributed by atoms with E-state index in [2.05, 4.69) is 6.92 Å². The van der Waals surface area contributed by atoms with E-state index < -0.39 is 0 Å². The van der Waals surface area contributed by atoms with Gasteiger partial charge in [0.05, 0.1) is 46.2 Å². The van der Waals surface area contributed by atoms with Crippen LogP contribution < -0.4 is 0 Å². The molecule has 0 aromatic carbocycles. The molecule has 0 saturated carbocycles. The van der Waals surface area contributed by atoms with Crippen molar-refractivity contribution in [1.29, 1.82) is 0 Å². The van der Waals surface area contributed by atoms with Crippen LogP contribution in [-0.4, -0.2) is 75.6 Å². The Labute approximate surface area is 153 Å². The third-order valence-electron chi connectivity index (χ3n) is 2.55. The first-order valence-corrected chi connectivity index (χ1v) is 9.18. The van der Waals surface area contributed by atoms with Crippen molar-refractivity contribution in [3.8, 4) is 0 Å². The van der Waals surface area contributed by atoms with E-state index in [4.69, 9.17) is 29.2 Å². The van der Waals surface area contributed by atoms with E-state index in [1.165, 1.54) is 26.2 Å².